The maximum atomic E-state index is 5.48. The minimum atomic E-state index is 0.854. The second kappa shape index (κ2) is 6.41. The molecule has 1 aliphatic heterocycles. The summed E-state index contributed by atoms with van der Waals surface area (Å²) in [6, 6.07) is 0. The molecule has 1 rings (SSSR count). The van der Waals surface area contributed by atoms with Crippen LogP contribution in [0.5, 0.6) is 0 Å². The van der Waals surface area contributed by atoms with Gasteiger partial charge in [0.05, 0.1) is 0 Å². The fourth-order valence-electron chi connectivity index (χ4n) is 2.63. The predicted octanol–water partition coefficient (Wildman–Crippen LogP) is 2.09. The Labute approximate surface area is 88.8 Å². The molecule has 0 aromatic carbocycles. The standard InChI is InChI=1S/C12H26N2/c1-11-8-12(2)10-14(9-11)7-5-3-4-6-13/h11-12H,3-10,13H2,1-2H3. The summed E-state index contributed by atoms with van der Waals surface area (Å²) >= 11 is 0. The van der Waals surface area contributed by atoms with Gasteiger partial charge in [-0.25, -0.2) is 0 Å². The van der Waals surface area contributed by atoms with Gasteiger partial charge in [-0.3, -0.25) is 0 Å². The zero-order chi connectivity index (χ0) is 10.4. The lowest BCUT2D eigenvalue weighted by atomic mass is 9.92. The van der Waals surface area contributed by atoms with Gasteiger partial charge in [0.25, 0.3) is 0 Å². The van der Waals surface area contributed by atoms with Crippen molar-refractivity contribution in [1.82, 2.24) is 4.90 Å². The summed E-state index contributed by atoms with van der Waals surface area (Å²) in [6.45, 7) is 9.52. The van der Waals surface area contributed by atoms with Crippen molar-refractivity contribution >= 4 is 0 Å². The van der Waals surface area contributed by atoms with E-state index in [1.165, 1.54) is 45.3 Å². The summed E-state index contributed by atoms with van der Waals surface area (Å²) in [6.07, 6.45) is 5.24. The number of hydrogen-bond donors (Lipinski definition) is 1. The normalized spacial score (nSPS) is 29.4. The minimum absolute atomic E-state index is 0.854. The topological polar surface area (TPSA) is 29.3 Å². The number of unbranched alkanes of at least 4 members (excludes halogenated alkanes) is 2. The Balaban J connectivity index is 2.10. The minimum Gasteiger partial charge on any atom is -0.330 e. The van der Waals surface area contributed by atoms with Crippen LogP contribution in [0, 0.1) is 11.8 Å². The zero-order valence-electron chi connectivity index (χ0n) is 9.84. The van der Waals surface area contributed by atoms with Crippen LogP contribution in [-0.2, 0) is 0 Å². The van der Waals surface area contributed by atoms with Gasteiger partial charge in [-0.1, -0.05) is 20.3 Å². The van der Waals surface area contributed by atoms with Crippen LogP contribution in [-0.4, -0.2) is 31.1 Å². The first-order chi connectivity index (χ1) is 6.72. The van der Waals surface area contributed by atoms with Crippen LogP contribution in [0.25, 0.3) is 0 Å². The van der Waals surface area contributed by atoms with Crippen LogP contribution in [0.2, 0.25) is 0 Å². The molecule has 1 aliphatic rings. The second-order valence-electron chi connectivity index (χ2n) is 5.05. The maximum absolute atomic E-state index is 5.48. The van der Waals surface area contributed by atoms with E-state index < -0.39 is 0 Å². The average molecular weight is 198 g/mol. The fourth-order valence-corrected chi connectivity index (χ4v) is 2.63. The lowest BCUT2D eigenvalue weighted by molar-refractivity contribution is 0.139. The van der Waals surface area contributed by atoms with Crippen molar-refractivity contribution in [2.24, 2.45) is 17.6 Å². The van der Waals surface area contributed by atoms with Gasteiger partial charge in [0, 0.05) is 13.1 Å². The first-order valence-electron chi connectivity index (χ1n) is 6.14. The van der Waals surface area contributed by atoms with E-state index in [9.17, 15) is 0 Å². The summed E-state index contributed by atoms with van der Waals surface area (Å²) in [4.78, 5) is 2.63. The number of nitrogens with two attached hydrogens (primary N) is 1. The molecule has 0 amide bonds. The van der Waals surface area contributed by atoms with E-state index in [0.29, 0.717) is 0 Å². The lowest BCUT2D eigenvalue weighted by Gasteiger charge is -2.34. The molecule has 0 aliphatic carbocycles. The quantitative estimate of drug-likeness (QED) is 0.685. The summed E-state index contributed by atoms with van der Waals surface area (Å²) in [5.41, 5.74) is 5.48. The third-order valence-corrected chi connectivity index (χ3v) is 3.12. The van der Waals surface area contributed by atoms with Gasteiger partial charge in [0.2, 0.25) is 0 Å². The lowest BCUT2D eigenvalue weighted by Crippen LogP contribution is -2.39. The van der Waals surface area contributed by atoms with Crippen LogP contribution in [0.1, 0.15) is 39.5 Å². The summed E-state index contributed by atoms with van der Waals surface area (Å²) in [5, 5.41) is 0. The van der Waals surface area contributed by atoms with E-state index in [4.69, 9.17) is 5.73 Å². The van der Waals surface area contributed by atoms with Gasteiger partial charge in [-0.05, 0) is 44.2 Å². The highest BCUT2D eigenvalue weighted by Gasteiger charge is 2.20. The second-order valence-corrected chi connectivity index (χ2v) is 5.05. The van der Waals surface area contributed by atoms with Crippen LogP contribution in [0.3, 0.4) is 0 Å². The van der Waals surface area contributed by atoms with Crippen molar-refractivity contribution in [3.63, 3.8) is 0 Å². The van der Waals surface area contributed by atoms with Gasteiger partial charge >= 0.3 is 0 Å². The van der Waals surface area contributed by atoms with Gasteiger partial charge in [0.15, 0.2) is 0 Å². The largest absolute Gasteiger partial charge is 0.330 e. The molecule has 2 heteroatoms. The maximum Gasteiger partial charge on any atom is 0.000724 e. The Morgan fingerprint density at radius 1 is 1.07 bits per heavy atom. The Kier molecular flexibility index (Phi) is 5.49. The van der Waals surface area contributed by atoms with E-state index in [0.717, 1.165) is 18.4 Å². The molecule has 1 heterocycles. The Bertz CT molecular complexity index is 137. The highest BCUT2D eigenvalue weighted by atomic mass is 15.1. The molecular formula is C12H26N2. The summed E-state index contributed by atoms with van der Waals surface area (Å²) in [5.74, 6) is 1.79. The smallest absolute Gasteiger partial charge is 0.000724 e. The van der Waals surface area contributed by atoms with E-state index in [1.54, 1.807) is 0 Å². The molecule has 2 atom stereocenters. The third-order valence-electron chi connectivity index (χ3n) is 3.12. The molecule has 0 aromatic heterocycles. The Morgan fingerprint density at radius 3 is 2.29 bits per heavy atom. The van der Waals surface area contributed by atoms with Gasteiger partial charge in [-0.15, -0.1) is 0 Å². The summed E-state index contributed by atoms with van der Waals surface area (Å²) < 4.78 is 0. The van der Waals surface area contributed by atoms with Gasteiger partial charge < -0.3 is 10.6 Å². The summed E-state index contributed by atoms with van der Waals surface area (Å²) in [7, 11) is 0. The van der Waals surface area contributed by atoms with Crippen molar-refractivity contribution in [3.05, 3.63) is 0 Å². The fraction of sp³-hybridized carbons (Fsp3) is 1.00. The average Bonchev–Trinajstić information content (AvgIpc) is 2.11. The van der Waals surface area contributed by atoms with Crippen LogP contribution in [0.15, 0.2) is 0 Å². The molecule has 84 valence electrons. The number of piperidine rings is 1. The van der Waals surface area contributed by atoms with Crippen molar-refractivity contribution in [2.45, 2.75) is 39.5 Å². The molecule has 0 saturated carbocycles. The zero-order valence-corrected chi connectivity index (χ0v) is 9.84. The molecule has 2 N–H and O–H groups in total. The third kappa shape index (κ3) is 4.43. The monoisotopic (exact) mass is 198 g/mol. The molecule has 1 fully saturated rings. The number of rotatable bonds is 5. The van der Waals surface area contributed by atoms with E-state index in [1.807, 2.05) is 0 Å². The van der Waals surface area contributed by atoms with E-state index >= 15 is 0 Å². The Morgan fingerprint density at radius 2 is 1.71 bits per heavy atom. The van der Waals surface area contributed by atoms with E-state index in [-0.39, 0.29) is 0 Å². The number of nitrogens with zero attached hydrogens (tertiary/aromatic N) is 1. The van der Waals surface area contributed by atoms with E-state index in [2.05, 4.69) is 18.7 Å². The SMILES string of the molecule is CC1CC(C)CN(CCCCCN)C1. The molecule has 1 saturated heterocycles. The van der Waals surface area contributed by atoms with Crippen LogP contribution in [0.4, 0.5) is 0 Å². The number of hydrogen-bond acceptors (Lipinski definition) is 2. The van der Waals surface area contributed by atoms with Crippen molar-refractivity contribution in [3.8, 4) is 0 Å². The molecule has 2 unspecified atom stereocenters. The highest BCUT2D eigenvalue weighted by Crippen LogP contribution is 2.20. The molecule has 0 radical (unpaired) electrons. The molecular weight excluding hydrogens is 172 g/mol. The molecule has 0 aromatic rings. The first-order valence-corrected chi connectivity index (χ1v) is 6.14. The Hall–Kier alpha value is -0.0800. The first kappa shape index (κ1) is 12.0. The molecule has 14 heavy (non-hydrogen) atoms. The van der Waals surface area contributed by atoms with Crippen molar-refractivity contribution < 1.29 is 0 Å². The van der Waals surface area contributed by atoms with Crippen molar-refractivity contribution in [2.75, 3.05) is 26.2 Å². The van der Waals surface area contributed by atoms with Gasteiger partial charge in [0.1, 0.15) is 0 Å². The van der Waals surface area contributed by atoms with Gasteiger partial charge in [-0.2, -0.15) is 0 Å². The van der Waals surface area contributed by atoms with Crippen molar-refractivity contribution in [1.29, 1.82) is 0 Å². The number of likely N-dealkylation sites (tertiary alicyclic amines) is 1. The molecule has 0 bridgehead atoms. The highest BCUT2D eigenvalue weighted by molar-refractivity contribution is 4.74. The van der Waals surface area contributed by atoms with Crippen LogP contribution < -0.4 is 5.73 Å². The van der Waals surface area contributed by atoms with Crippen LogP contribution >= 0.6 is 0 Å². The molecule has 0 spiro atoms. The predicted molar refractivity (Wildman–Crippen MR) is 62.3 cm³/mol. The molecule has 2 nitrogen and oxygen atoms in total.